The van der Waals surface area contributed by atoms with E-state index in [0.29, 0.717) is 0 Å². The summed E-state index contributed by atoms with van der Waals surface area (Å²) >= 11 is 0. The molecule has 0 aliphatic carbocycles. The van der Waals surface area contributed by atoms with Gasteiger partial charge in [0, 0.05) is 34.9 Å². The Kier molecular flexibility index (Phi) is 2.82. The lowest BCUT2D eigenvalue weighted by Gasteiger charge is -2.05. The van der Waals surface area contributed by atoms with Crippen molar-refractivity contribution in [1.82, 2.24) is 9.97 Å². The lowest BCUT2D eigenvalue weighted by Crippen LogP contribution is -1.95. The maximum Gasteiger partial charge on any atom is 0.123 e. The lowest BCUT2D eigenvalue weighted by molar-refractivity contribution is 0.629. The Morgan fingerprint density at radius 1 is 1.21 bits per heavy atom. The van der Waals surface area contributed by atoms with Crippen molar-refractivity contribution in [2.45, 2.75) is 20.3 Å². The van der Waals surface area contributed by atoms with Gasteiger partial charge in [-0.3, -0.25) is 4.98 Å². The third kappa shape index (κ3) is 2.12. The first-order valence-electron chi connectivity index (χ1n) is 6.32. The van der Waals surface area contributed by atoms with Gasteiger partial charge in [-0.25, -0.2) is 4.39 Å². The number of nitrogens with zero attached hydrogens (tertiary/aromatic N) is 1. The van der Waals surface area contributed by atoms with Crippen LogP contribution in [0.15, 0.2) is 36.5 Å². The Balaban J connectivity index is 2.12. The van der Waals surface area contributed by atoms with E-state index in [4.69, 9.17) is 0 Å². The van der Waals surface area contributed by atoms with Gasteiger partial charge in [0.1, 0.15) is 5.82 Å². The van der Waals surface area contributed by atoms with Crippen molar-refractivity contribution in [3.63, 3.8) is 0 Å². The summed E-state index contributed by atoms with van der Waals surface area (Å²) in [6, 6.07) is 8.88. The number of hydrogen-bond donors (Lipinski definition) is 1. The Bertz CT molecular complexity index is 744. The Morgan fingerprint density at radius 2 is 2.05 bits per heavy atom. The highest BCUT2D eigenvalue weighted by Crippen LogP contribution is 2.26. The third-order valence-electron chi connectivity index (χ3n) is 3.57. The molecule has 1 aromatic carbocycles. The van der Waals surface area contributed by atoms with E-state index in [9.17, 15) is 4.39 Å². The smallest absolute Gasteiger partial charge is 0.123 e. The summed E-state index contributed by atoms with van der Waals surface area (Å²) in [5.41, 5.74) is 5.41. The number of fused-ring (bicyclic) bond motifs is 1. The summed E-state index contributed by atoms with van der Waals surface area (Å²) in [5.74, 6) is -0.198. The second-order valence-corrected chi connectivity index (χ2v) is 4.84. The van der Waals surface area contributed by atoms with Crippen LogP contribution >= 0.6 is 0 Å². The molecule has 0 aliphatic heterocycles. The van der Waals surface area contributed by atoms with E-state index < -0.39 is 0 Å². The van der Waals surface area contributed by atoms with Crippen molar-refractivity contribution in [2.75, 3.05) is 0 Å². The van der Waals surface area contributed by atoms with E-state index in [1.54, 1.807) is 18.3 Å². The van der Waals surface area contributed by atoms with Gasteiger partial charge in [0.2, 0.25) is 0 Å². The molecule has 0 spiro atoms. The van der Waals surface area contributed by atoms with Gasteiger partial charge in [-0.05, 0) is 49.2 Å². The predicted octanol–water partition coefficient (Wildman–Crippen LogP) is 3.91. The predicted molar refractivity (Wildman–Crippen MR) is 74.8 cm³/mol. The standard InChI is InChI=1S/C16H15FN2/c1-10-12(4-3-7-18-10)8-14-11(2)19-16-6-5-13(17)9-15(14)16/h3-7,9,19H,8H2,1-2H3. The third-order valence-corrected chi connectivity index (χ3v) is 3.57. The minimum absolute atomic E-state index is 0.198. The minimum Gasteiger partial charge on any atom is -0.358 e. The maximum absolute atomic E-state index is 13.4. The molecular weight excluding hydrogens is 239 g/mol. The minimum atomic E-state index is -0.198. The van der Waals surface area contributed by atoms with Crippen molar-refractivity contribution in [2.24, 2.45) is 0 Å². The summed E-state index contributed by atoms with van der Waals surface area (Å²) in [7, 11) is 0. The van der Waals surface area contributed by atoms with Crippen LogP contribution in [0.4, 0.5) is 4.39 Å². The zero-order chi connectivity index (χ0) is 13.4. The zero-order valence-corrected chi connectivity index (χ0v) is 11.0. The van der Waals surface area contributed by atoms with E-state index in [1.807, 2.05) is 19.9 Å². The quantitative estimate of drug-likeness (QED) is 0.738. The van der Waals surface area contributed by atoms with Gasteiger partial charge in [-0.15, -0.1) is 0 Å². The maximum atomic E-state index is 13.4. The average molecular weight is 254 g/mol. The van der Waals surface area contributed by atoms with Crippen LogP contribution in [0.25, 0.3) is 10.9 Å². The highest BCUT2D eigenvalue weighted by molar-refractivity contribution is 5.85. The fourth-order valence-corrected chi connectivity index (χ4v) is 2.48. The molecule has 3 heteroatoms. The second-order valence-electron chi connectivity index (χ2n) is 4.84. The van der Waals surface area contributed by atoms with Crippen molar-refractivity contribution < 1.29 is 4.39 Å². The number of rotatable bonds is 2. The summed E-state index contributed by atoms with van der Waals surface area (Å²) in [4.78, 5) is 7.61. The molecule has 3 aromatic rings. The van der Waals surface area contributed by atoms with E-state index in [1.165, 1.54) is 11.6 Å². The Hall–Kier alpha value is -2.16. The molecule has 0 unspecified atom stereocenters. The topological polar surface area (TPSA) is 28.7 Å². The molecule has 19 heavy (non-hydrogen) atoms. The molecule has 0 bridgehead atoms. The molecule has 1 N–H and O–H groups in total. The van der Waals surface area contributed by atoms with Crippen LogP contribution in [0.2, 0.25) is 0 Å². The van der Waals surface area contributed by atoms with E-state index >= 15 is 0 Å². The van der Waals surface area contributed by atoms with Crippen LogP contribution in [-0.4, -0.2) is 9.97 Å². The number of nitrogens with one attached hydrogen (secondary N) is 1. The number of aryl methyl sites for hydroxylation is 2. The monoisotopic (exact) mass is 254 g/mol. The number of aromatic nitrogens is 2. The molecule has 96 valence electrons. The Labute approximate surface area is 111 Å². The molecule has 0 aliphatic rings. The van der Waals surface area contributed by atoms with Crippen molar-refractivity contribution in [1.29, 1.82) is 0 Å². The second kappa shape index (κ2) is 4.50. The van der Waals surface area contributed by atoms with Crippen molar-refractivity contribution in [3.8, 4) is 0 Å². The first kappa shape index (κ1) is 11.9. The van der Waals surface area contributed by atoms with E-state index in [2.05, 4.69) is 16.0 Å². The first-order chi connectivity index (χ1) is 9.15. The largest absolute Gasteiger partial charge is 0.358 e. The lowest BCUT2D eigenvalue weighted by atomic mass is 10.0. The molecule has 2 aromatic heterocycles. The molecule has 0 saturated heterocycles. The molecule has 2 heterocycles. The number of halogens is 1. The van der Waals surface area contributed by atoms with E-state index in [-0.39, 0.29) is 5.82 Å². The number of H-pyrrole nitrogens is 1. The highest BCUT2D eigenvalue weighted by Gasteiger charge is 2.11. The summed E-state index contributed by atoms with van der Waals surface area (Å²) in [6.07, 6.45) is 2.57. The fraction of sp³-hybridized carbons (Fsp3) is 0.188. The van der Waals surface area contributed by atoms with Gasteiger partial charge < -0.3 is 4.98 Å². The Morgan fingerprint density at radius 3 is 2.84 bits per heavy atom. The van der Waals surface area contributed by atoms with Crippen LogP contribution in [0.1, 0.15) is 22.5 Å². The zero-order valence-electron chi connectivity index (χ0n) is 11.0. The molecular formula is C16H15FN2. The van der Waals surface area contributed by atoms with Gasteiger partial charge in [-0.2, -0.15) is 0 Å². The molecule has 0 saturated carbocycles. The van der Waals surface area contributed by atoms with Gasteiger partial charge in [0.25, 0.3) is 0 Å². The highest BCUT2D eigenvalue weighted by atomic mass is 19.1. The van der Waals surface area contributed by atoms with Crippen LogP contribution < -0.4 is 0 Å². The number of benzene rings is 1. The van der Waals surface area contributed by atoms with Crippen LogP contribution in [-0.2, 0) is 6.42 Å². The molecule has 0 atom stereocenters. The van der Waals surface area contributed by atoms with Crippen molar-refractivity contribution in [3.05, 3.63) is 64.9 Å². The van der Waals surface area contributed by atoms with Crippen LogP contribution in [0.5, 0.6) is 0 Å². The summed E-state index contributed by atoms with van der Waals surface area (Å²) < 4.78 is 13.4. The summed E-state index contributed by atoms with van der Waals surface area (Å²) in [5, 5.41) is 0.959. The number of aromatic amines is 1. The SMILES string of the molecule is Cc1ncccc1Cc1c(C)[nH]c2ccc(F)cc12. The van der Waals surface area contributed by atoms with E-state index in [0.717, 1.165) is 34.3 Å². The van der Waals surface area contributed by atoms with Gasteiger partial charge in [-0.1, -0.05) is 6.07 Å². The molecule has 2 nitrogen and oxygen atoms in total. The van der Waals surface area contributed by atoms with Gasteiger partial charge in [0.15, 0.2) is 0 Å². The molecule has 0 amide bonds. The first-order valence-corrected chi connectivity index (χ1v) is 6.32. The van der Waals surface area contributed by atoms with Gasteiger partial charge in [0.05, 0.1) is 0 Å². The van der Waals surface area contributed by atoms with Crippen LogP contribution in [0.3, 0.4) is 0 Å². The average Bonchev–Trinajstić information content (AvgIpc) is 2.69. The summed E-state index contributed by atoms with van der Waals surface area (Å²) in [6.45, 7) is 4.03. The van der Waals surface area contributed by atoms with Gasteiger partial charge >= 0.3 is 0 Å². The molecule has 3 rings (SSSR count). The molecule has 0 radical (unpaired) electrons. The molecule has 0 fully saturated rings. The van der Waals surface area contributed by atoms with Crippen molar-refractivity contribution >= 4 is 10.9 Å². The van der Waals surface area contributed by atoms with Crippen LogP contribution in [0, 0.1) is 19.7 Å². The normalized spacial score (nSPS) is 11.1. The number of hydrogen-bond acceptors (Lipinski definition) is 1. The fourth-order valence-electron chi connectivity index (χ4n) is 2.48. The number of pyridine rings is 1.